The first-order valence-electron chi connectivity index (χ1n) is 10.4. The Balaban J connectivity index is 1.54. The van der Waals surface area contributed by atoms with Crippen LogP contribution in [-0.4, -0.2) is 33.2 Å². The van der Waals surface area contributed by atoms with Crippen molar-refractivity contribution in [2.24, 2.45) is 10.2 Å². The van der Waals surface area contributed by atoms with Gasteiger partial charge in [-0.15, -0.1) is 0 Å². The molecule has 0 aliphatic carbocycles. The molecule has 2 amide bonds. The number of amides is 2. The van der Waals surface area contributed by atoms with Gasteiger partial charge in [-0.05, 0) is 24.3 Å². The number of benzene rings is 2. The minimum absolute atomic E-state index is 0.471. The summed E-state index contributed by atoms with van der Waals surface area (Å²) < 4.78 is 0. The molecular formula is C26H20N6O2. The highest BCUT2D eigenvalue weighted by Gasteiger charge is 2.15. The molecule has 0 saturated heterocycles. The summed E-state index contributed by atoms with van der Waals surface area (Å²) in [6.45, 7) is 0. The van der Waals surface area contributed by atoms with Gasteiger partial charge in [0.1, 0.15) is 0 Å². The smallest absolute Gasteiger partial charge is 0.264 e. The maximum atomic E-state index is 12.5. The van der Waals surface area contributed by atoms with E-state index in [1.54, 1.807) is 36.9 Å². The van der Waals surface area contributed by atoms with Crippen molar-refractivity contribution in [3.63, 3.8) is 0 Å². The lowest BCUT2D eigenvalue weighted by Crippen LogP contribution is -2.36. The van der Waals surface area contributed by atoms with Crippen LogP contribution in [-0.2, 0) is 9.59 Å². The average Bonchev–Trinajstić information content (AvgIpc) is 2.91. The molecule has 166 valence electrons. The number of carbonyl (C=O) groups excluding carboxylic acids is 2. The summed E-state index contributed by atoms with van der Waals surface area (Å²) >= 11 is 0. The van der Waals surface area contributed by atoms with Crippen molar-refractivity contribution in [3.8, 4) is 0 Å². The molecule has 0 fully saturated rings. The molecule has 4 rings (SSSR count). The number of carbonyl (C=O) groups is 2. The molecule has 4 aromatic rings. The standard InChI is InChI=1S/C26H20N6O2/c33-25(31-29-23(19-9-3-1-4-10-19)21-13-7-15-27-17-21)26(34)32-30-24(20-11-5-2-6-12-20)22-14-8-16-28-18-22/h1-18H,(H,31,33)(H,32,34)/b29-23+,30-24+. The van der Waals surface area contributed by atoms with Crippen LogP contribution in [0.5, 0.6) is 0 Å². The lowest BCUT2D eigenvalue weighted by atomic mass is 10.0. The van der Waals surface area contributed by atoms with E-state index >= 15 is 0 Å². The van der Waals surface area contributed by atoms with E-state index in [-0.39, 0.29) is 0 Å². The first-order valence-corrected chi connectivity index (χ1v) is 10.4. The van der Waals surface area contributed by atoms with Crippen LogP contribution in [0.4, 0.5) is 0 Å². The molecular weight excluding hydrogens is 428 g/mol. The monoisotopic (exact) mass is 448 g/mol. The Kier molecular flexibility index (Phi) is 7.22. The number of nitrogens with one attached hydrogen (secondary N) is 2. The highest BCUT2D eigenvalue weighted by Crippen LogP contribution is 2.10. The molecule has 0 aliphatic rings. The fourth-order valence-corrected chi connectivity index (χ4v) is 3.10. The third-order valence-corrected chi connectivity index (χ3v) is 4.71. The molecule has 2 N–H and O–H groups in total. The molecule has 34 heavy (non-hydrogen) atoms. The summed E-state index contributed by atoms with van der Waals surface area (Å²) in [5.74, 6) is -1.92. The molecule has 0 saturated carbocycles. The zero-order valence-corrected chi connectivity index (χ0v) is 18.0. The minimum Gasteiger partial charge on any atom is -0.264 e. The lowest BCUT2D eigenvalue weighted by Gasteiger charge is -2.08. The van der Waals surface area contributed by atoms with Gasteiger partial charge in [-0.1, -0.05) is 60.7 Å². The van der Waals surface area contributed by atoms with Gasteiger partial charge >= 0.3 is 11.8 Å². The Hall–Kier alpha value is -4.98. The van der Waals surface area contributed by atoms with Crippen LogP contribution in [0.15, 0.2) is 120 Å². The van der Waals surface area contributed by atoms with Crippen LogP contribution in [0, 0.1) is 0 Å². The maximum Gasteiger partial charge on any atom is 0.331 e. The maximum absolute atomic E-state index is 12.5. The number of aromatic nitrogens is 2. The molecule has 0 atom stereocenters. The van der Waals surface area contributed by atoms with Gasteiger partial charge in [0.25, 0.3) is 0 Å². The summed E-state index contributed by atoms with van der Waals surface area (Å²) in [5.41, 5.74) is 8.47. The lowest BCUT2D eigenvalue weighted by molar-refractivity contribution is -0.139. The Labute approximate surface area is 196 Å². The zero-order valence-electron chi connectivity index (χ0n) is 18.0. The van der Waals surface area contributed by atoms with E-state index < -0.39 is 11.8 Å². The molecule has 8 heteroatoms. The highest BCUT2D eigenvalue weighted by molar-refractivity contribution is 6.35. The van der Waals surface area contributed by atoms with Crippen molar-refractivity contribution in [1.82, 2.24) is 20.8 Å². The number of nitrogens with zero attached hydrogens (tertiary/aromatic N) is 4. The molecule has 8 nitrogen and oxygen atoms in total. The van der Waals surface area contributed by atoms with Gasteiger partial charge in [0.05, 0.1) is 11.4 Å². The molecule has 2 aromatic heterocycles. The first-order chi connectivity index (χ1) is 16.7. The SMILES string of the molecule is O=C(N/N=C(\c1ccccc1)c1cccnc1)C(=O)N/N=C(\c1ccccc1)c1cccnc1. The van der Waals surface area contributed by atoms with E-state index in [0.29, 0.717) is 22.6 Å². The van der Waals surface area contributed by atoms with Gasteiger partial charge in [0, 0.05) is 47.0 Å². The van der Waals surface area contributed by atoms with Gasteiger partial charge in [-0.25, -0.2) is 10.9 Å². The Morgan fingerprint density at radius 1 is 0.529 bits per heavy atom. The highest BCUT2D eigenvalue weighted by atomic mass is 16.2. The summed E-state index contributed by atoms with van der Waals surface area (Å²) in [5, 5.41) is 8.37. The van der Waals surface area contributed by atoms with Gasteiger partial charge in [0.15, 0.2) is 0 Å². The first kappa shape index (κ1) is 22.2. The normalized spacial score (nSPS) is 11.5. The molecule has 2 heterocycles. The predicted molar refractivity (Wildman–Crippen MR) is 129 cm³/mol. The van der Waals surface area contributed by atoms with Crippen LogP contribution < -0.4 is 10.9 Å². The van der Waals surface area contributed by atoms with E-state index in [1.807, 2.05) is 72.8 Å². The van der Waals surface area contributed by atoms with E-state index in [4.69, 9.17) is 0 Å². The van der Waals surface area contributed by atoms with Gasteiger partial charge in [-0.3, -0.25) is 19.6 Å². The number of hydrogen-bond acceptors (Lipinski definition) is 6. The minimum atomic E-state index is -0.959. The number of hydrogen-bond donors (Lipinski definition) is 2. The number of hydrazone groups is 2. The van der Waals surface area contributed by atoms with Gasteiger partial charge in [0.2, 0.25) is 0 Å². The zero-order chi connectivity index (χ0) is 23.6. The van der Waals surface area contributed by atoms with Crippen LogP contribution in [0.3, 0.4) is 0 Å². The molecule has 0 aliphatic heterocycles. The Bertz CT molecular complexity index is 1120. The van der Waals surface area contributed by atoms with Crippen molar-refractivity contribution in [1.29, 1.82) is 0 Å². The van der Waals surface area contributed by atoms with Crippen molar-refractivity contribution in [3.05, 3.63) is 132 Å². The molecule has 0 spiro atoms. The molecule has 0 unspecified atom stereocenters. The van der Waals surface area contributed by atoms with Crippen molar-refractivity contribution in [2.75, 3.05) is 0 Å². The molecule has 0 radical (unpaired) electrons. The van der Waals surface area contributed by atoms with Crippen LogP contribution in [0.2, 0.25) is 0 Å². The van der Waals surface area contributed by atoms with Crippen LogP contribution in [0.25, 0.3) is 0 Å². The fraction of sp³-hybridized carbons (Fsp3) is 0. The van der Waals surface area contributed by atoms with Crippen LogP contribution in [0.1, 0.15) is 22.3 Å². The quantitative estimate of drug-likeness (QED) is 0.269. The van der Waals surface area contributed by atoms with E-state index in [0.717, 1.165) is 11.1 Å². The number of pyridine rings is 2. The molecule has 0 bridgehead atoms. The van der Waals surface area contributed by atoms with E-state index in [2.05, 4.69) is 31.0 Å². The van der Waals surface area contributed by atoms with Crippen molar-refractivity contribution >= 4 is 23.2 Å². The molecule has 2 aromatic carbocycles. The summed E-state index contributed by atoms with van der Waals surface area (Å²) in [7, 11) is 0. The summed E-state index contributed by atoms with van der Waals surface area (Å²) in [4.78, 5) is 33.1. The second-order valence-electron chi connectivity index (χ2n) is 7.02. The van der Waals surface area contributed by atoms with E-state index in [1.165, 1.54) is 0 Å². The van der Waals surface area contributed by atoms with Crippen LogP contribution >= 0.6 is 0 Å². The summed E-state index contributed by atoms with van der Waals surface area (Å²) in [6.07, 6.45) is 6.54. The van der Waals surface area contributed by atoms with Gasteiger partial charge in [-0.2, -0.15) is 10.2 Å². The van der Waals surface area contributed by atoms with E-state index in [9.17, 15) is 9.59 Å². The van der Waals surface area contributed by atoms with Crippen molar-refractivity contribution in [2.45, 2.75) is 0 Å². The average molecular weight is 448 g/mol. The van der Waals surface area contributed by atoms with Crippen molar-refractivity contribution < 1.29 is 9.59 Å². The second kappa shape index (κ2) is 11.1. The summed E-state index contributed by atoms with van der Waals surface area (Å²) in [6, 6.07) is 25.7. The third-order valence-electron chi connectivity index (χ3n) is 4.71. The fourth-order valence-electron chi connectivity index (χ4n) is 3.10. The third kappa shape index (κ3) is 5.63. The topological polar surface area (TPSA) is 109 Å². The Morgan fingerprint density at radius 2 is 0.912 bits per heavy atom. The van der Waals surface area contributed by atoms with Gasteiger partial charge < -0.3 is 0 Å². The second-order valence-corrected chi connectivity index (χ2v) is 7.02. The number of rotatable bonds is 6. The Morgan fingerprint density at radius 3 is 1.26 bits per heavy atom. The largest absolute Gasteiger partial charge is 0.331 e. The predicted octanol–water partition coefficient (Wildman–Crippen LogP) is 2.91.